The molecule has 1 fully saturated rings. The summed E-state index contributed by atoms with van der Waals surface area (Å²) >= 11 is 0. The van der Waals surface area contributed by atoms with Crippen molar-refractivity contribution in [2.75, 3.05) is 26.3 Å². The van der Waals surface area contributed by atoms with Crippen molar-refractivity contribution in [1.82, 2.24) is 5.32 Å². The van der Waals surface area contributed by atoms with Gasteiger partial charge in [0.25, 0.3) is 0 Å². The van der Waals surface area contributed by atoms with E-state index in [0.29, 0.717) is 12.5 Å². The predicted octanol–water partition coefficient (Wildman–Crippen LogP) is -0.902. The zero-order valence-corrected chi connectivity index (χ0v) is 6.51. The number of nitrogens with two attached hydrogens (primary N) is 1. The molecule has 0 aromatic heterocycles. The lowest BCUT2D eigenvalue weighted by Gasteiger charge is -2.06. The van der Waals surface area contributed by atoms with Crippen LogP contribution in [-0.2, 0) is 9.53 Å². The monoisotopic (exact) mass is 158 g/mol. The highest BCUT2D eigenvalue weighted by Crippen LogP contribution is 2.06. The first-order chi connectivity index (χ1) is 5.29. The van der Waals surface area contributed by atoms with E-state index in [1.54, 1.807) is 0 Å². The Bertz CT molecular complexity index is 132. The van der Waals surface area contributed by atoms with Crippen molar-refractivity contribution < 1.29 is 9.53 Å². The van der Waals surface area contributed by atoms with Crippen LogP contribution in [0, 0.1) is 5.92 Å². The maximum absolute atomic E-state index is 10.3. The fourth-order valence-electron chi connectivity index (χ4n) is 1.18. The normalized spacial score (nSPS) is 23.8. The third-order valence-electron chi connectivity index (χ3n) is 1.76. The number of primary amides is 1. The molecule has 0 aromatic rings. The van der Waals surface area contributed by atoms with E-state index in [2.05, 4.69) is 5.32 Å². The molecule has 1 saturated heterocycles. The Balaban J connectivity index is 1.98. The van der Waals surface area contributed by atoms with Gasteiger partial charge in [-0.1, -0.05) is 0 Å². The highest BCUT2D eigenvalue weighted by molar-refractivity contribution is 5.74. The second-order valence-corrected chi connectivity index (χ2v) is 2.84. The van der Waals surface area contributed by atoms with Crippen LogP contribution in [0.15, 0.2) is 0 Å². The molecule has 4 heteroatoms. The van der Waals surface area contributed by atoms with E-state index in [-0.39, 0.29) is 6.61 Å². The van der Waals surface area contributed by atoms with Crippen LogP contribution in [0.4, 0.5) is 0 Å². The summed E-state index contributed by atoms with van der Waals surface area (Å²) in [6.07, 6.45) is 1.14. The highest BCUT2D eigenvalue weighted by atomic mass is 16.5. The minimum Gasteiger partial charge on any atom is -0.371 e. The molecule has 0 spiro atoms. The number of carbonyl (C=O) groups excluding carboxylic acids is 1. The summed E-state index contributed by atoms with van der Waals surface area (Å²) in [7, 11) is 0. The Kier molecular flexibility index (Phi) is 3.32. The lowest BCUT2D eigenvalue weighted by atomic mass is 10.1. The van der Waals surface area contributed by atoms with Crippen LogP contribution < -0.4 is 11.1 Å². The van der Waals surface area contributed by atoms with Gasteiger partial charge in [-0.3, -0.25) is 4.79 Å². The average molecular weight is 158 g/mol. The number of hydrogen-bond acceptors (Lipinski definition) is 3. The number of carbonyl (C=O) groups is 1. The fraction of sp³-hybridized carbons (Fsp3) is 0.857. The van der Waals surface area contributed by atoms with Crippen LogP contribution in [0.5, 0.6) is 0 Å². The van der Waals surface area contributed by atoms with Gasteiger partial charge in [-0.05, 0) is 18.9 Å². The second kappa shape index (κ2) is 4.31. The Labute approximate surface area is 66.1 Å². The maximum Gasteiger partial charge on any atom is 0.243 e. The predicted molar refractivity (Wildman–Crippen MR) is 41.0 cm³/mol. The molecule has 3 N–H and O–H groups in total. The minimum absolute atomic E-state index is 0.0521. The molecule has 1 atom stereocenters. The summed E-state index contributed by atoms with van der Waals surface area (Å²) in [6, 6.07) is 0. The van der Waals surface area contributed by atoms with Crippen LogP contribution in [0.2, 0.25) is 0 Å². The van der Waals surface area contributed by atoms with Crippen LogP contribution in [0.3, 0.4) is 0 Å². The van der Waals surface area contributed by atoms with Crippen LogP contribution in [-0.4, -0.2) is 32.2 Å². The number of ether oxygens (including phenoxy) is 1. The summed E-state index contributed by atoms with van der Waals surface area (Å²) < 4.78 is 5.06. The summed E-state index contributed by atoms with van der Waals surface area (Å²) in [6.45, 7) is 2.76. The maximum atomic E-state index is 10.3. The summed E-state index contributed by atoms with van der Waals surface area (Å²) in [4.78, 5) is 10.3. The molecule has 64 valence electrons. The van der Waals surface area contributed by atoms with Gasteiger partial charge in [0.15, 0.2) is 0 Å². The molecule has 4 nitrogen and oxygen atoms in total. The zero-order valence-electron chi connectivity index (χ0n) is 6.51. The molecule has 11 heavy (non-hydrogen) atoms. The van der Waals surface area contributed by atoms with Crippen LogP contribution in [0.1, 0.15) is 6.42 Å². The molecule has 1 rings (SSSR count). The number of amides is 1. The first kappa shape index (κ1) is 8.49. The molecule has 0 radical (unpaired) electrons. The molecule has 0 aromatic carbocycles. The molecule has 1 aliphatic heterocycles. The van der Waals surface area contributed by atoms with Crippen LogP contribution >= 0.6 is 0 Å². The van der Waals surface area contributed by atoms with Gasteiger partial charge in [0.1, 0.15) is 6.61 Å². The van der Waals surface area contributed by atoms with E-state index in [1.165, 1.54) is 0 Å². The molecule has 0 saturated carbocycles. The van der Waals surface area contributed by atoms with E-state index in [9.17, 15) is 4.79 Å². The smallest absolute Gasteiger partial charge is 0.243 e. The van der Waals surface area contributed by atoms with Gasteiger partial charge in [-0.15, -0.1) is 0 Å². The fourth-order valence-corrected chi connectivity index (χ4v) is 1.18. The highest BCUT2D eigenvalue weighted by Gasteiger charge is 2.14. The van der Waals surface area contributed by atoms with E-state index >= 15 is 0 Å². The average Bonchev–Trinajstić information content (AvgIpc) is 2.39. The van der Waals surface area contributed by atoms with Crippen molar-refractivity contribution in [1.29, 1.82) is 0 Å². The van der Waals surface area contributed by atoms with Crippen LogP contribution in [0.25, 0.3) is 0 Å². The van der Waals surface area contributed by atoms with Crippen molar-refractivity contribution in [2.24, 2.45) is 11.7 Å². The van der Waals surface area contributed by atoms with E-state index in [4.69, 9.17) is 10.5 Å². The SMILES string of the molecule is NC(=O)COCC1CCNC1. The Morgan fingerprint density at radius 3 is 3.09 bits per heavy atom. The van der Waals surface area contributed by atoms with Gasteiger partial charge in [0, 0.05) is 6.54 Å². The largest absolute Gasteiger partial charge is 0.371 e. The standard InChI is InChI=1S/C7H14N2O2/c8-7(10)5-11-4-6-1-2-9-3-6/h6,9H,1-5H2,(H2,8,10). The van der Waals surface area contributed by atoms with E-state index in [1.807, 2.05) is 0 Å². The molecular weight excluding hydrogens is 144 g/mol. The zero-order chi connectivity index (χ0) is 8.10. The molecular formula is C7H14N2O2. The van der Waals surface area contributed by atoms with Gasteiger partial charge < -0.3 is 15.8 Å². The molecule has 1 amide bonds. The van der Waals surface area contributed by atoms with Gasteiger partial charge >= 0.3 is 0 Å². The van der Waals surface area contributed by atoms with Crippen molar-refractivity contribution in [3.63, 3.8) is 0 Å². The first-order valence-corrected chi connectivity index (χ1v) is 3.86. The molecule has 1 unspecified atom stereocenters. The van der Waals surface area contributed by atoms with Gasteiger partial charge in [-0.25, -0.2) is 0 Å². The third-order valence-corrected chi connectivity index (χ3v) is 1.76. The van der Waals surface area contributed by atoms with Crippen molar-refractivity contribution >= 4 is 5.91 Å². The molecule has 1 aliphatic rings. The Hall–Kier alpha value is -0.610. The van der Waals surface area contributed by atoms with Gasteiger partial charge in [0.2, 0.25) is 5.91 Å². The summed E-state index contributed by atoms with van der Waals surface area (Å²) in [5, 5.41) is 3.21. The van der Waals surface area contributed by atoms with Gasteiger partial charge in [0.05, 0.1) is 6.61 Å². The second-order valence-electron chi connectivity index (χ2n) is 2.84. The van der Waals surface area contributed by atoms with Gasteiger partial charge in [-0.2, -0.15) is 0 Å². The summed E-state index contributed by atoms with van der Waals surface area (Å²) in [5.74, 6) is 0.172. The summed E-state index contributed by atoms with van der Waals surface area (Å²) in [5.41, 5.74) is 4.90. The Morgan fingerprint density at radius 1 is 1.73 bits per heavy atom. The lowest BCUT2D eigenvalue weighted by Crippen LogP contribution is -2.21. The molecule has 1 heterocycles. The third kappa shape index (κ3) is 3.34. The van der Waals surface area contributed by atoms with Crippen molar-refractivity contribution in [3.8, 4) is 0 Å². The minimum atomic E-state index is -0.393. The molecule has 0 bridgehead atoms. The number of rotatable bonds is 4. The lowest BCUT2D eigenvalue weighted by molar-refractivity contribution is -0.122. The Morgan fingerprint density at radius 2 is 2.55 bits per heavy atom. The van der Waals surface area contributed by atoms with Crippen molar-refractivity contribution in [2.45, 2.75) is 6.42 Å². The van der Waals surface area contributed by atoms with E-state index < -0.39 is 5.91 Å². The molecule has 0 aliphatic carbocycles. The number of hydrogen-bond donors (Lipinski definition) is 2. The number of nitrogens with one attached hydrogen (secondary N) is 1. The topological polar surface area (TPSA) is 64.4 Å². The first-order valence-electron chi connectivity index (χ1n) is 3.86. The van der Waals surface area contributed by atoms with E-state index in [0.717, 1.165) is 19.5 Å². The van der Waals surface area contributed by atoms with Crippen molar-refractivity contribution in [3.05, 3.63) is 0 Å². The quantitative estimate of drug-likeness (QED) is 0.557.